The first kappa shape index (κ1) is 13.1. The fourth-order valence-corrected chi connectivity index (χ4v) is 3.15. The normalized spacial score (nSPS) is 17.8. The Morgan fingerprint density at radius 2 is 2.00 bits per heavy atom. The van der Waals surface area contributed by atoms with Crippen LogP contribution in [0.2, 0.25) is 0 Å². The van der Waals surface area contributed by atoms with Gasteiger partial charge in [-0.25, -0.2) is 13.4 Å². The van der Waals surface area contributed by atoms with E-state index in [0.29, 0.717) is 0 Å². The van der Waals surface area contributed by atoms with Crippen molar-refractivity contribution in [3.63, 3.8) is 0 Å². The van der Waals surface area contributed by atoms with Crippen LogP contribution in [0.4, 0.5) is 5.69 Å². The van der Waals surface area contributed by atoms with Crippen LogP contribution >= 0.6 is 0 Å². The lowest BCUT2D eigenvalue weighted by Crippen LogP contribution is -2.08. The maximum Gasteiger partial charge on any atom is 0.192 e. The van der Waals surface area contributed by atoms with Crippen LogP contribution in [0, 0.1) is 0 Å². The lowest BCUT2D eigenvalue weighted by atomic mass is 10.1. The molecule has 0 spiro atoms. The third-order valence-corrected chi connectivity index (χ3v) is 4.59. The monoisotopic (exact) mass is 288 g/mol. The Bertz CT molecular complexity index is 724. The van der Waals surface area contributed by atoms with Gasteiger partial charge in [0.15, 0.2) is 14.9 Å². The molecule has 104 valence electrons. The Labute approximate surface area is 118 Å². The molecular weight excluding hydrogens is 272 g/mol. The molecule has 0 fully saturated rings. The van der Waals surface area contributed by atoms with Crippen LogP contribution in [0.1, 0.15) is 23.6 Å². The van der Waals surface area contributed by atoms with Crippen LogP contribution in [0.25, 0.3) is 0 Å². The maximum atomic E-state index is 11.4. The van der Waals surface area contributed by atoms with Gasteiger partial charge in [0.25, 0.3) is 0 Å². The Morgan fingerprint density at radius 3 is 2.70 bits per heavy atom. The Kier molecular flexibility index (Phi) is 3.22. The van der Waals surface area contributed by atoms with Crippen molar-refractivity contribution in [3.8, 4) is 0 Å². The van der Waals surface area contributed by atoms with Gasteiger partial charge < -0.3 is 5.32 Å². The van der Waals surface area contributed by atoms with Gasteiger partial charge in [-0.3, -0.25) is 0 Å². The van der Waals surface area contributed by atoms with Crippen molar-refractivity contribution >= 4 is 15.5 Å². The molecule has 0 aliphatic heterocycles. The topological polar surface area (TPSA) is 59.1 Å². The second kappa shape index (κ2) is 4.90. The standard InChI is InChI=1S/C15H16N2O2S/c1-20(18,19)15-9-7-12(10-16-15)17-14-8-6-11-4-2-3-5-13(11)14/h2-5,7,9-10,14,17H,6,8H2,1H3. The molecule has 0 bridgehead atoms. The summed E-state index contributed by atoms with van der Waals surface area (Å²) in [5.74, 6) is 0. The number of fused-ring (bicyclic) bond motifs is 1. The lowest BCUT2D eigenvalue weighted by molar-refractivity contribution is 0.598. The summed E-state index contributed by atoms with van der Waals surface area (Å²) >= 11 is 0. The third kappa shape index (κ3) is 2.54. The number of pyridine rings is 1. The summed E-state index contributed by atoms with van der Waals surface area (Å²) in [6.45, 7) is 0. The summed E-state index contributed by atoms with van der Waals surface area (Å²) in [6.07, 6.45) is 4.86. The molecule has 5 heteroatoms. The van der Waals surface area contributed by atoms with Gasteiger partial charge in [-0.2, -0.15) is 0 Å². The highest BCUT2D eigenvalue weighted by Gasteiger charge is 2.21. The van der Waals surface area contributed by atoms with Gasteiger partial charge in [0.05, 0.1) is 17.9 Å². The molecule has 1 aliphatic carbocycles. The molecular formula is C15H16N2O2S. The Balaban J connectivity index is 1.80. The highest BCUT2D eigenvalue weighted by atomic mass is 32.2. The summed E-state index contributed by atoms with van der Waals surface area (Å²) in [7, 11) is -3.23. The second-order valence-corrected chi connectivity index (χ2v) is 7.05. The first-order valence-corrected chi connectivity index (χ1v) is 8.43. The van der Waals surface area contributed by atoms with E-state index in [1.807, 2.05) is 6.07 Å². The molecule has 1 N–H and O–H groups in total. The molecule has 1 aliphatic rings. The smallest absolute Gasteiger partial charge is 0.192 e. The zero-order valence-corrected chi connectivity index (χ0v) is 12.0. The van der Waals surface area contributed by atoms with Gasteiger partial charge in [0, 0.05) is 6.26 Å². The number of rotatable bonds is 3. The molecule has 0 saturated heterocycles. The minimum absolute atomic E-state index is 0.106. The summed E-state index contributed by atoms with van der Waals surface area (Å²) in [6, 6.07) is 12.0. The molecule has 2 aromatic rings. The second-order valence-electron chi connectivity index (χ2n) is 5.09. The van der Waals surface area contributed by atoms with Crippen molar-refractivity contribution in [2.45, 2.75) is 23.9 Å². The number of nitrogens with one attached hydrogen (secondary N) is 1. The van der Waals surface area contributed by atoms with Crippen molar-refractivity contribution in [2.75, 3.05) is 11.6 Å². The van der Waals surface area contributed by atoms with E-state index in [9.17, 15) is 8.42 Å². The van der Waals surface area contributed by atoms with E-state index in [-0.39, 0.29) is 11.1 Å². The molecule has 1 heterocycles. The zero-order valence-electron chi connectivity index (χ0n) is 11.2. The molecule has 3 rings (SSSR count). The van der Waals surface area contributed by atoms with Gasteiger partial charge in [-0.15, -0.1) is 0 Å². The van der Waals surface area contributed by atoms with Gasteiger partial charge in [-0.05, 0) is 36.1 Å². The van der Waals surface area contributed by atoms with Crippen molar-refractivity contribution < 1.29 is 8.42 Å². The average molecular weight is 288 g/mol. The third-order valence-electron chi connectivity index (χ3n) is 3.59. The van der Waals surface area contributed by atoms with E-state index < -0.39 is 9.84 Å². The molecule has 1 aromatic carbocycles. The Hall–Kier alpha value is -1.88. The van der Waals surface area contributed by atoms with Crippen LogP contribution in [0.15, 0.2) is 47.6 Å². The molecule has 0 radical (unpaired) electrons. The number of aromatic nitrogens is 1. The van der Waals surface area contributed by atoms with Crippen LogP contribution in [-0.2, 0) is 16.3 Å². The number of hydrogen-bond acceptors (Lipinski definition) is 4. The molecule has 0 saturated carbocycles. The van der Waals surface area contributed by atoms with Gasteiger partial charge in [0.1, 0.15) is 0 Å². The molecule has 1 atom stereocenters. The predicted molar refractivity (Wildman–Crippen MR) is 78.5 cm³/mol. The zero-order chi connectivity index (χ0) is 14.2. The number of sulfone groups is 1. The molecule has 0 amide bonds. The number of aryl methyl sites for hydroxylation is 1. The van der Waals surface area contributed by atoms with E-state index in [0.717, 1.165) is 24.8 Å². The van der Waals surface area contributed by atoms with E-state index in [4.69, 9.17) is 0 Å². The molecule has 20 heavy (non-hydrogen) atoms. The number of benzene rings is 1. The maximum absolute atomic E-state index is 11.4. The minimum Gasteiger partial charge on any atom is -0.377 e. The largest absolute Gasteiger partial charge is 0.377 e. The van der Waals surface area contributed by atoms with Gasteiger partial charge in [0.2, 0.25) is 0 Å². The Morgan fingerprint density at radius 1 is 1.20 bits per heavy atom. The van der Waals surface area contributed by atoms with Crippen molar-refractivity contribution in [1.82, 2.24) is 4.98 Å². The van der Waals surface area contributed by atoms with E-state index in [2.05, 4.69) is 28.5 Å². The minimum atomic E-state index is -3.23. The summed E-state index contributed by atoms with van der Waals surface area (Å²) in [5.41, 5.74) is 3.55. The number of nitrogens with zero attached hydrogens (tertiary/aromatic N) is 1. The summed E-state index contributed by atoms with van der Waals surface area (Å²) in [5, 5.41) is 3.52. The SMILES string of the molecule is CS(=O)(=O)c1ccc(NC2CCc3ccccc32)cn1. The summed E-state index contributed by atoms with van der Waals surface area (Å²) < 4.78 is 22.7. The first-order valence-electron chi connectivity index (χ1n) is 6.54. The van der Waals surface area contributed by atoms with E-state index >= 15 is 0 Å². The lowest BCUT2D eigenvalue weighted by Gasteiger charge is -2.15. The number of hydrogen-bond donors (Lipinski definition) is 1. The van der Waals surface area contributed by atoms with Crippen LogP contribution in [0.3, 0.4) is 0 Å². The highest BCUT2D eigenvalue weighted by molar-refractivity contribution is 7.90. The fraction of sp³-hybridized carbons (Fsp3) is 0.267. The van der Waals surface area contributed by atoms with E-state index in [1.54, 1.807) is 18.3 Å². The van der Waals surface area contributed by atoms with Crippen molar-refractivity contribution in [2.24, 2.45) is 0 Å². The van der Waals surface area contributed by atoms with Crippen LogP contribution in [-0.4, -0.2) is 19.7 Å². The quantitative estimate of drug-likeness (QED) is 0.943. The van der Waals surface area contributed by atoms with Gasteiger partial charge >= 0.3 is 0 Å². The molecule has 4 nitrogen and oxygen atoms in total. The predicted octanol–water partition coefficient (Wildman–Crippen LogP) is 2.58. The van der Waals surface area contributed by atoms with Crippen molar-refractivity contribution in [3.05, 3.63) is 53.7 Å². The van der Waals surface area contributed by atoms with Gasteiger partial charge in [-0.1, -0.05) is 24.3 Å². The van der Waals surface area contributed by atoms with Crippen LogP contribution in [0.5, 0.6) is 0 Å². The molecule has 1 aromatic heterocycles. The van der Waals surface area contributed by atoms with Crippen molar-refractivity contribution in [1.29, 1.82) is 0 Å². The fourth-order valence-electron chi connectivity index (χ4n) is 2.59. The molecule has 1 unspecified atom stereocenters. The number of anilines is 1. The van der Waals surface area contributed by atoms with E-state index in [1.165, 1.54) is 11.1 Å². The highest BCUT2D eigenvalue weighted by Crippen LogP contribution is 2.33. The first-order chi connectivity index (χ1) is 9.54. The van der Waals surface area contributed by atoms with Crippen LogP contribution < -0.4 is 5.32 Å². The average Bonchev–Trinajstić information content (AvgIpc) is 2.82. The summed E-state index contributed by atoms with van der Waals surface area (Å²) in [4.78, 5) is 4.00.